The van der Waals surface area contributed by atoms with Crippen molar-refractivity contribution in [2.75, 3.05) is 5.32 Å². The van der Waals surface area contributed by atoms with Gasteiger partial charge in [-0.15, -0.1) is 15.3 Å². The SMILES string of the molecule is Cc1nnc2ccc(NC3CCC(n4nc5c(cc4=O)CCC5)CC3)nn12. The van der Waals surface area contributed by atoms with Crippen LogP contribution in [0.1, 0.15) is 55.2 Å². The van der Waals surface area contributed by atoms with Gasteiger partial charge in [0.1, 0.15) is 5.82 Å². The Kier molecular flexibility index (Phi) is 3.91. The number of rotatable bonds is 3. The van der Waals surface area contributed by atoms with Crippen LogP contribution in [-0.4, -0.2) is 35.6 Å². The third-order valence-electron chi connectivity index (χ3n) is 5.80. The van der Waals surface area contributed by atoms with Gasteiger partial charge in [-0.2, -0.15) is 9.61 Å². The van der Waals surface area contributed by atoms with Crippen molar-refractivity contribution in [2.24, 2.45) is 0 Å². The predicted molar refractivity (Wildman–Crippen MR) is 101 cm³/mol. The first-order valence-corrected chi connectivity index (χ1v) is 9.74. The highest BCUT2D eigenvalue weighted by Crippen LogP contribution is 2.29. The van der Waals surface area contributed by atoms with Crippen LogP contribution in [0.2, 0.25) is 0 Å². The smallest absolute Gasteiger partial charge is 0.267 e. The Morgan fingerprint density at radius 1 is 1.07 bits per heavy atom. The molecule has 1 N–H and O–H groups in total. The molecule has 0 saturated heterocycles. The van der Waals surface area contributed by atoms with Gasteiger partial charge in [0.2, 0.25) is 0 Å². The van der Waals surface area contributed by atoms with E-state index in [1.807, 2.05) is 19.1 Å². The Morgan fingerprint density at radius 2 is 1.93 bits per heavy atom. The number of hydrogen-bond acceptors (Lipinski definition) is 6. The molecule has 8 heteroatoms. The van der Waals surface area contributed by atoms with Gasteiger partial charge in [-0.1, -0.05) is 0 Å². The maximum absolute atomic E-state index is 12.4. The Balaban J connectivity index is 1.27. The second-order valence-electron chi connectivity index (χ2n) is 7.64. The summed E-state index contributed by atoms with van der Waals surface area (Å²) in [6.45, 7) is 1.89. The van der Waals surface area contributed by atoms with Crippen molar-refractivity contribution < 1.29 is 0 Å². The third-order valence-corrected chi connectivity index (χ3v) is 5.80. The molecule has 0 atom stereocenters. The molecule has 0 aliphatic heterocycles. The lowest BCUT2D eigenvalue weighted by molar-refractivity contribution is 0.301. The van der Waals surface area contributed by atoms with Crippen LogP contribution in [0.15, 0.2) is 23.0 Å². The predicted octanol–water partition coefficient (Wildman–Crippen LogP) is 2.07. The Labute approximate surface area is 156 Å². The van der Waals surface area contributed by atoms with Crippen molar-refractivity contribution in [1.29, 1.82) is 0 Å². The first-order chi connectivity index (χ1) is 13.2. The molecule has 2 aliphatic carbocycles. The summed E-state index contributed by atoms with van der Waals surface area (Å²) in [7, 11) is 0. The Hall–Kier alpha value is -2.77. The lowest BCUT2D eigenvalue weighted by atomic mass is 9.91. The number of nitrogens with zero attached hydrogens (tertiary/aromatic N) is 6. The average molecular weight is 365 g/mol. The highest BCUT2D eigenvalue weighted by molar-refractivity contribution is 5.44. The summed E-state index contributed by atoms with van der Waals surface area (Å²) >= 11 is 0. The van der Waals surface area contributed by atoms with E-state index in [9.17, 15) is 4.79 Å². The fourth-order valence-corrected chi connectivity index (χ4v) is 4.32. The van der Waals surface area contributed by atoms with Gasteiger partial charge in [0.05, 0.1) is 11.7 Å². The highest BCUT2D eigenvalue weighted by Gasteiger charge is 2.25. The summed E-state index contributed by atoms with van der Waals surface area (Å²) < 4.78 is 3.49. The standard InChI is InChI=1S/C19H23N7O/c1-12-21-22-18-10-9-17(24-25(12)18)20-14-5-7-15(8-6-14)26-19(27)11-13-3-2-4-16(13)23-26/h9-11,14-15H,2-8H2,1H3,(H,20,24). The zero-order chi connectivity index (χ0) is 18.4. The minimum Gasteiger partial charge on any atom is -0.366 e. The number of anilines is 1. The number of fused-ring (bicyclic) bond motifs is 2. The summed E-state index contributed by atoms with van der Waals surface area (Å²) in [6.07, 6.45) is 7.02. The molecule has 1 fully saturated rings. The van der Waals surface area contributed by atoms with Crippen LogP contribution in [0.5, 0.6) is 0 Å². The van der Waals surface area contributed by atoms with Crippen molar-refractivity contribution >= 4 is 11.5 Å². The maximum Gasteiger partial charge on any atom is 0.267 e. The van der Waals surface area contributed by atoms with E-state index in [1.165, 1.54) is 0 Å². The van der Waals surface area contributed by atoms with E-state index in [0.29, 0.717) is 6.04 Å². The van der Waals surface area contributed by atoms with Gasteiger partial charge in [-0.3, -0.25) is 4.79 Å². The topological polar surface area (TPSA) is 90.0 Å². The first-order valence-electron chi connectivity index (χ1n) is 9.74. The largest absolute Gasteiger partial charge is 0.366 e. The molecule has 3 heterocycles. The average Bonchev–Trinajstić information content (AvgIpc) is 3.28. The molecule has 0 aromatic carbocycles. The monoisotopic (exact) mass is 365 g/mol. The highest BCUT2D eigenvalue weighted by atomic mass is 16.1. The van der Waals surface area contributed by atoms with E-state index >= 15 is 0 Å². The molecule has 5 rings (SSSR count). The molecule has 0 bridgehead atoms. The molecule has 0 spiro atoms. The van der Waals surface area contributed by atoms with Crippen LogP contribution in [0.3, 0.4) is 0 Å². The summed E-state index contributed by atoms with van der Waals surface area (Å²) in [5.41, 5.74) is 3.08. The quantitative estimate of drug-likeness (QED) is 0.764. The molecule has 0 radical (unpaired) electrons. The number of aryl methyl sites for hydroxylation is 3. The van der Waals surface area contributed by atoms with E-state index in [1.54, 1.807) is 15.3 Å². The van der Waals surface area contributed by atoms with Crippen molar-refractivity contribution in [3.8, 4) is 0 Å². The second-order valence-corrected chi connectivity index (χ2v) is 7.64. The van der Waals surface area contributed by atoms with Crippen LogP contribution < -0.4 is 10.9 Å². The van der Waals surface area contributed by atoms with Crippen LogP contribution in [0.25, 0.3) is 5.65 Å². The van der Waals surface area contributed by atoms with Gasteiger partial charge in [0.15, 0.2) is 11.5 Å². The number of aromatic nitrogens is 6. The molecule has 3 aromatic heterocycles. The van der Waals surface area contributed by atoms with Crippen molar-refractivity contribution in [3.63, 3.8) is 0 Å². The molecule has 0 amide bonds. The molecular formula is C19H23N7O. The van der Waals surface area contributed by atoms with Crippen LogP contribution in [0, 0.1) is 6.92 Å². The lowest BCUT2D eigenvalue weighted by Gasteiger charge is -2.30. The molecule has 27 heavy (non-hydrogen) atoms. The van der Waals surface area contributed by atoms with E-state index < -0.39 is 0 Å². The zero-order valence-corrected chi connectivity index (χ0v) is 15.4. The zero-order valence-electron chi connectivity index (χ0n) is 15.4. The molecule has 0 unspecified atom stereocenters. The molecule has 1 saturated carbocycles. The van der Waals surface area contributed by atoms with Crippen LogP contribution in [-0.2, 0) is 12.8 Å². The van der Waals surface area contributed by atoms with Gasteiger partial charge in [0.25, 0.3) is 5.56 Å². The van der Waals surface area contributed by atoms with Crippen molar-refractivity contribution in [2.45, 2.75) is 64.0 Å². The van der Waals surface area contributed by atoms with Crippen molar-refractivity contribution in [1.82, 2.24) is 29.6 Å². The van der Waals surface area contributed by atoms with Gasteiger partial charge in [0, 0.05) is 12.1 Å². The van der Waals surface area contributed by atoms with Crippen LogP contribution >= 0.6 is 0 Å². The molecule has 2 aliphatic rings. The van der Waals surface area contributed by atoms with Gasteiger partial charge < -0.3 is 5.32 Å². The summed E-state index contributed by atoms with van der Waals surface area (Å²) in [5, 5.41) is 20.9. The number of nitrogens with one attached hydrogen (secondary N) is 1. The Bertz CT molecular complexity index is 1050. The minimum atomic E-state index is 0.0576. The second kappa shape index (κ2) is 6.44. The van der Waals surface area contributed by atoms with E-state index in [4.69, 9.17) is 0 Å². The fourth-order valence-electron chi connectivity index (χ4n) is 4.32. The van der Waals surface area contributed by atoms with Gasteiger partial charge in [-0.05, 0) is 69.6 Å². The molecule has 3 aromatic rings. The van der Waals surface area contributed by atoms with Gasteiger partial charge in [-0.25, -0.2) is 4.68 Å². The lowest BCUT2D eigenvalue weighted by Crippen LogP contribution is -2.34. The van der Waals surface area contributed by atoms with Crippen molar-refractivity contribution in [3.05, 3.63) is 45.6 Å². The summed E-state index contributed by atoms with van der Waals surface area (Å²) in [6, 6.07) is 6.24. The maximum atomic E-state index is 12.4. The normalized spacial score (nSPS) is 22.1. The van der Waals surface area contributed by atoms with Gasteiger partial charge >= 0.3 is 0 Å². The third kappa shape index (κ3) is 2.98. The minimum absolute atomic E-state index is 0.0576. The van der Waals surface area contributed by atoms with E-state index in [2.05, 4.69) is 25.7 Å². The summed E-state index contributed by atoms with van der Waals surface area (Å²) in [4.78, 5) is 12.4. The van der Waals surface area contributed by atoms with Crippen LogP contribution in [0.4, 0.5) is 5.82 Å². The number of hydrogen-bond donors (Lipinski definition) is 1. The molecular weight excluding hydrogens is 342 g/mol. The summed E-state index contributed by atoms with van der Waals surface area (Å²) in [5.74, 6) is 1.61. The Morgan fingerprint density at radius 3 is 2.78 bits per heavy atom. The van der Waals surface area contributed by atoms with E-state index in [0.717, 1.165) is 73.5 Å². The molecule has 8 nitrogen and oxygen atoms in total. The van der Waals surface area contributed by atoms with E-state index in [-0.39, 0.29) is 11.6 Å². The first kappa shape index (κ1) is 16.4. The fraction of sp³-hybridized carbons (Fsp3) is 0.526. The molecule has 140 valence electrons.